The molecule has 7 nitrogen and oxygen atoms in total. The molecule has 3 saturated heterocycles. The standard InChI is InChI=1S/C19H16F3N3O4/c1-16-7-12(26)17(2,29-16)18(24-3)13(16)14(27)25(15(18)28)10-5-4-9(8-23)11(6-10)19(20,21)22/h4-6,12-13,26H,3,7H2,1-2H3/t12-,13?,16?,17?,18+/m0/s1. The molecule has 0 aliphatic carbocycles. The van der Waals surface area contributed by atoms with E-state index in [0.717, 1.165) is 12.1 Å². The van der Waals surface area contributed by atoms with Crippen LogP contribution in [0, 0.1) is 17.2 Å². The third kappa shape index (κ3) is 2.06. The van der Waals surface area contributed by atoms with E-state index in [2.05, 4.69) is 11.7 Å². The van der Waals surface area contributed by atoms with Crippen LogP contribution in [0.1, 0.15) is 31.4 Å². The van der Waals surface area contributed by atoms with Crippen LogP contribution in [0.5, 0.6) is 0 Å². The van der Waals surface area contributed by atoms with Crippen molar-refractivity contribution in [3.8, 4) is 6.07 Å². The number of hydrogen-bond donors (Lipinski definition) is 1. The van der Waals surface area contributed by atoms with E-state index >= 15 is 0 Å². The molecule has 3 heterocycles. The third-order valence-corrected chi connectivity index (χ3v) is 6.40. The van der Waals surface area contributed by atoms with Crippen molar-refractivity contribution in [1.82, 2.24) is 0 Å². The Balaban J connectivity index is 1.90. The number of rotatable bonds is 2. The van der Waals surface area contributed by atoms with E-state index in [1.165, 1.54) is 13.0 Å². The highest BCUT2D eigenvalue weighted by Crippen LogP contribution is 2.64. The summed E-state index contributed by atoms with van der Waals surface area (Å²) >= 11 is 0. The maximum absolute atomic E-state index is 13.4. The van der Waals surface area contributed by atoms with Crippen LogP contribution in [0.3, 0.4) is 0 Å². The van der Waals surface area contributed by atoms with Gasteiger partial charge in [-0.15, -0.1) is 0 Å². The van der Waals surface area contributed by atoms with Gasteiger partial charge in [-0.2, -0.15) is 18.4 Å². The largest absolute Gasteiger partial charge is 0.417 e. The number of alkyl halides is 3. The molecule has 1 aromatic carbocycles. The molecular formula is C19H16F3N3O4. The van der Waals surface area contributed by atoms with Gasteiger partial charge in [0.05, 0.1) is 34.6 Å². The van der Waals surface area contributed by atoms with Crippen LogP contribution in [-0.2, 0) is 20.5 Å². The fourth-order valence-electron chi connectivity index (χ4n) is 5.15. The van der Waals surface area contributed by atoms with Crippen molar-refractivity contribution in [2.45, 2.75) is 49.3 Å². The number of nitrogens with zero attached hydrogens (tertiary/aromatic N) is 3. The zero-order chi connectivity index (χ0) is 21.6. The molecule has 3 aliphatic rings. The van der Waals surface area contributed by atoms with E-state index in [0.29, 0.717) is 11.0 Å². The Morgan fingerprint density at radius 2 is 2.03 bits per heavy atom. The second-order valence-electron chi connectivity index (χ2n) is 7.92. The first-order valence-corrected chi connectivity index (χ1v) is 8.73. The van der Waals surface area contributed by atoms with Gasteiger partial charge in [0.1, 0.15) is 11.5 Å². The van der Waals surface area contributed by atoms with Gasteiger partial charge in [0, 0.05) is 6.42 Å². The minimum atomic E-state index is -4.85. The topological polar surface area (TPSA) is 103 Å². The average Bonchev–Trinajstić information content (AvgIpc) is 3.11. The number of halogens is 3. The fourth-order valence-corrected chi connectivity index (χ4v) is 5.15. The minimum Gasteiger partial charge on any atom is -0.390 e. The molecule has 1 aromatic rings. The number of ether oxygens (including phenoxy) is 1. The van der Waals surface area contributed by atoms with Gasteiger partial charge >= 0.3 is 6.18 Å². The van der Waals surface area contributed by atoms with Crippen LogP contribution < -0.4 is 4.90 Å². The zero-order valence-corrected chi connectivity index (χ0v) is 15.4. The van der Waals surface area contributed by atoms with Crippen molar-refractivity contribution in [2.75, 3.05) is 4.90 Å². The van der Waals surface area contributed by atoms with Crippen molar-refractivity contribution in [3.05, 3.63) is 29.3 Å². The van der Waals surface area contributed by atoms with Crippen molar-refractivity contribution < 1.29 is 32.6 Å². The fraction of sp³-hybridized carbons (Fsp3) is 0.474. The summed E-state index contributed by atoms with van der Waals surface area (Å²) in [5, 5.41) is 19.4. The molecular weight excluding hydrogens is 391 g/mol. The Labute approximate surface area is 163 Å². The van der Waals surface area contributed by atoms with Crippen LogP contribution >= 0.6 is 0 Å². The second-order valence-corrected chi connectivity index (χ2v) is 7.92. The molecule has 29 heavy (non-hydrogen) atoms. The molecule has 10 heteroatoms. The second kappa shape index (κ2) is 5.43. The highest BCUT2D eigenvalue weighted by Gasteiger charge is 2.84. The summed E-state index contributed by atoms with van der Waals surface area (Å²) in [6, 6.07) is 4.06. The lowest BCUT2D eigenvalue weighted by Crippen LogP contribution is -2.63. The van der Waals surface area contributed by atoms with Crippen LogP contribution in [0.15, 0.2) is 23.2 Å². The number of amides is 2. The van der Waals surface area contributed by atoms with Crippen molar-refractivity contribution >= 4 is 24.2 Å². The molecule has 3 unspecified atom stereocenters. The summed E-state index contributed by atoms with van der Waals surface area (Å²) in [5.74, 6) is -2.83. The first kappa shape index (κ1) is 19.5. The van der Waals surface area contributed by atoms with E-state index in [9.17, 15) is 27.9 Å². The lowest BCUT2D eigenvalue weighted by Gasteiger charge is -2.40. The Morgan fingerprint density at radius 3 is 2.59 bits per heavy atom. The average molecular weight is 407 g/mol. The SMILES string of the molecule is C=N[C@@]12C(=O)N(c3ccc(C#N)c(C(F)(F)F)c3)C(=O)C1C1(C)C[C@H](O)C2(C)O1. The summed E-state index contributed by atoms with van der Waals surface area (Å²) in [6.45, 7) is 6.45. The molecule has 152 valence electrons. The van der Waals surface area contributed by atoms with E-state index in [1.807, 2.05) is 0 Å². The summed E-state index contributed by atoms with van der Waals surface area (Å²) in [4.78, 5) is 31.2. The molecule has 3 fully saturated rings. The number of carbonyl (C=O) groups excluding carboxylic acids is 2. The zero-order valence-electron chi connectivity index (χ0n) is 15.4. The number of aliphatic imine (C=N–C) groups is 1. The number of hydrogen-bond acceptors (Lipinski definition) is 6. The lowest BCUT2D eigenvalue weighted by molar-refractivity contribution is -0.138. The number of aliphatic hydroxyl groups excluding tert-OH is 1. The van der Waals surface area contributed by atoms with Gasteiger partial charge in [0.2, 0.25) is 5.91 Å². The Kier molecular flexibility index (Phi) is 3.66. The number of imide groups is 1. The van der Waals surface area contributed by atoms with E-state index in [-0.39, 0.29) is 12.1 Å². The van der Waals surface area contributed by atoms with Gasteiger partial charge in [-0.25, -0.2) is 4.90 Å². The quantitative estimate of drug-likeness (QED) is 0.595. The number of anilines is 1. The molecule has 0 saturated carbocycles. The monoisotopic (exact) mass is 407 g/mol. The van der Waals surface area contributed by atoms with Crippen LogP contribution in [0.4, 0.5) is 18.9 Å². The third-order valence-electron chi connectivity index (χ3n) is 6.40. The van der Waals surface area contributed by atoms with E-state index < -0.39 is 57.9 Å². The van der Waals surface area contributed by atoms with Gasteiger partial charge < -0.3 is 9.84 Å². The predicted molar refractivity (Wildman–Crippen MR) is 92.9 cm³/mol. The minimum absolute atomic E-state index is 0.0689. The number of nitriles is 1. The molecule has 2 bridgehead atoms. The Hall–Kier alpha value is -2.77. The Morgan fingerprint density at radius 1 is 1.38 bits per heavy atom. The molecule has 0 aromatic heterocycles. The summed E-state index contributed by atoms with van der Waals surface area (Å²) in [5.41, 5.74) is -6.85. The Bertz CT molecular complexity index is 1020. The van der Waals surface area contributed by atoms with Gasteiger partial charge in [-0.1, -0.05) is 0 Å². The number of benzene rings is 1. The van der Waals surface area contributed by atoms with Gasteiger partial charge in [-0.05, 0) is 38.8 Å². The molecule has 4 rings (SSSR count). The normalized spacial score (nSPS) is 38.3. The summed E-state index contributed by atoms with van der Waals surface area (Å²) in [6.07, 6.45) is -5.90. The molecule has 0 spiro atoms. The van der Waals surface area contributed by atoms with Crippen LogP contribution in [-0.4, -0.2) is 46.5 Å². The smallest absolute Gasteiger partial charge is 0.390 e. The first-order chi connectivity index (χ1) is 13.4. The van der Waals surface area contributed by atoms with Gasteiger partial charge in [-0.3, -0.25) is 14.6 Å². The maximum Gasteiger partial charge on any atom is 0.417 e. The van der Waals surface area contributed by atoms with Gasteiger partial charge in [0.25, 0.3) is 5.91 Å². The molecule has 1 N–H and O–H groups in total. The van der Waals surface area contributed by atoms with Crippen molar-refractivity contribution in [1.29, 1.82) is 5.26 Å². The van der Waals surface area contributed by atoms with E-state index in [1.54, 1.807) is 6.92 Å². The molecule has 5 atom stereocenters. The molecule has 3 aliphatic heterocycles. The number of aliphatic hydroxyl groups is 1. The molecule has 0 radical (unpaired) electrons. The van der Waals surface area contributed by atoms with Crippen LogP contribution in [0.25, 0.3) is 0 Å². The predicted octanol–water partition coefficient (Wildman–Crippen LogP) is 1.82. The number of carbonyl (C=O) groups is 2. The summed E-state index contributed by atoms with van der Waals surface area (Å²) in [7, 11) is 0. The lowest BCUT2D eigenvalue weighted by atomic mass is 9.62. The number of fused-ring (bicyclic) bond motifs is 5. The van der Waals surface area contributed by atoms with Crippen molar-refractivity contribution in [2.24, 2.45) is 10.9 Å². The van der Waals surface area contributed by atoms with E-state index in [4.69, 9.17) is 10.00 Å². The van der Waals surface area contributed by atoms with Crippen LogP contribution in [0.2, 0.25) is 0 Å². The first-order valence-electron chi connectivity index (χ1n) is 8.73. The van der Waals surface area contributed by atoms with Gasteiger partial charge in [0.15, 0.2) is 5.54 Å². The summed E-state index contributed by atoms with van der Waals surface area (Å²) < 4.78 is 46.0. The molecule has 2 amide bonds. The highest BCUT2D eigenvalue weighted by atomic mass is 19.4. The highest BCUT2D eigenvalue weighted by molar-refractivity contribution is 6.27. The maximum atomic E-state index is 13.4. The van der Waals surface area contributed by atoms with Crippen molar-refractivity contribution in [3.63, 3.8) is 0 Å².